The molecular formula is C13H18F3N3O2. The Kier molecular flexibility index (Phi) is 3.48. The molecule has 0 bridgehead atoms. The van der Waals surface area contributed by atoms with E-state index in [9.17, 15) is 18.3 Å². The number of aromatic nitrogens is 2. The predicted molar refractivity (Wildman–Crippen MR) is 66.5 cm³/mol. The van der Waals surface area contributed by atoms with Gasteiger partial charge in [-0.25, -0.2) is 0 Å². The van der Waals surface area contributed by atoms with Crippen LogP contribution in [0.25, 0.3) is 0 Å². The minimum absolute atomic E-state index is 0.151. The molecule has 8 heteroatoms. The average molecular weight is 305 g/mol. The summed E-state index contributed by atoms with van der Waals surface area (Å²) in [4.78, 5) is 6.17. The molecule has 1 unspecified atom stereocenters. The number of alkyl halides is 3. The summed E-state index contributed by atoms with van der Waals surface area (Å²) < 4.78 is 43.5. The molecule has 118 valence electrons. The minimum atomic E-state index is -4.58. The zero-order valence-electron chi connectivity index (χ0n) is 11.7. The highest BCUT2D eigenvalue weighted by Gasteiger charge is 2.54. The van der Waals surface area contributed by atoms with Gasteiger partial charge in [-0.1, -0.05) is 5.16 Å². The van der Waals surface area contributed by atoms with Crippen LogP contribution >= 0.6 is 0 Å². The highest BCUT2D eigenvalue weighted by Crippen LogP contribution is 2.41. The Balaban J connectivity index is 1.63. The number of hydrogen-bond acceptors (Lipinski definition) is 5. The van der Waals surface area contributed by atoms with Gasteiger partial charge >= 0.3 is 6.18 Å². The molecule has 21 heavy (non-hydrogen) atoms. The van der Waals surface area contributed by atoms with E-state index in [1.807, 2.05) is 11.8 Å². The Hall–Kier alpha value is -1.15. The van der Waals surface area contributed by atoms with Gasteiger partial charge in [0.05, 0.1) is 6.04 Å². The van der Waals surface area contributed by atoms with Gasteiger partial charge in [0, 0.05) is 19.0 Å². The molecule has 2 heterocycles. The fourth-order valence-corrected chi connectivity index (χ4v) is 2.65. The van der Waals surface area contributed by atoms with Crippen LogP contribution in [0.4, 0.5) is 13.2 Å². The molecule has 1 aliphatic heterocycles. The first-order chi connectivity index (χ1) is 9.80. The second-order valence-electron chi connectivity index (χ2n) is 6.01. The SMILES string of the molecule is CC(c1nc(C2CC2)no1)N1CCC(O)(C(F)(F)F)CC1. The van der Waals surface area contributed by atoms with Crippen molar-refractivity contribution in [3.05, 3.63) is 11.7 Å². The first-order valence-electron chi connectivity index (χ1n) is 7.17. The highest BCUT2D eigenvalue weighted by atomic mass is 19.4. The topological polar surface area (TPSA) is 62.4 Å². The monoisotopic (exact) mass is 305 g/mol. The van der Waals surface area contributed by atoms with Crippen molar-refractivity contribution in [3.63, 3.8) is 0 Å². The van der Waals surface area contributed by atoms with Crippen LogP contribution in [-0.2, 0) is 0 Å². The Morgan fingerprint density at radius 1 is 1.33 bits per heavy atom. The maximum absolute atomic E-state index is 12.8. The van der Waals surface area contributed by atoms with Gasteiger partial charge in [-0.05, 0) is 32.6 Å². The molecule has 0 spiro atoms. The molecule has 0 amide bonds. The smallest absolute Gasteiger partial charge is 0.380 e. The van der Waals surface area contributed by atoms with Crippen LogP contribution in [0.2, 0.25) is 0 Å². The van der Waals surface area contributed by atoms with Gasteiger partial charge in [0.1, 0.15) is 0 Å². The van der Waals surface area contributed by atoms with Crippen molar-refractivity contribution < 1.29 is 22.8 Å². The van der Waals surface area contributed by atoms with Gasteiger partial charge in [0.15, 0.2) is 11.4 Å². The summed E-state index contributed by atoms with van der Waals surface area (Å²) in [6.07, 6.45) is -3.10. The lowest BCUT2D eigenvalue weighted by Crippen LogP contribution is -2.53. The van der Waals surface area contributed by atoms with Gasteiger partial charge in [-0.2, -0.15) is 18.2 Å². The molecule has 1 aliphatic carbocycles. The van der Waals surface area contributed by atoms with E-state index in [1.54, 1.807) is 0 Å². The Labute approximate surface area is 120 Å². The van der Waals surface area contributed by atoms with E-state index in [2.05, 4.69) is 10.1 Å². The van der Waals surface area contributed by atoms with Crippen molar-refractivity contribution in [2.24, 2.45) is 0 Å². The van der Waals surface area contributed by atoms with Gasteiger partial charge in [0.2, 0.25) is 5.89 Å². The van der Waals surface area contributed by atoms with Crippen LogP contribution in [0.3, 0.4) is 0 Å². The lowest BCUT2D eigenvalue weighted by atomic mass is 9.90. The first kappa shape index (κ1) is 14.8. The minimum Gasteiger partial charge on any atom is -0.380 e. The van der Waals surface area contributed by atoms with Gasteiger partial charge in [0.25, 0.3) is 0 Å². The van der Waals surface area contributed by atoms with E-state index in [-0.39, 0.29) is 32.0 Å². The Bertz CT molecular complexity index is 505. The van der Waals surface area contributed by atoms with E-state index < -0.39 is 11.8 Å². The van der Waals surface area contributed by atoms with Crippen molar-refractivity contribution >= 4 is 0 Å². The third-order valence-corrected chi connectivity index (χ3v) is 4.46. The van der Waals surface area contributed by atoms with Crippen LogP contribution < -0.4 is 0 Å². The Morgan fingerprint density at radius 2 is 1.95 bits per heavy atom. The quantitative estimate of drug-likeness (QED) is 0.929. The van der Waals surface area contributed by atoms with Crippen molar-refractivity contribution in [1.29, 1.82) is 0 Å². The summed E-state index contributed by atoms with van der Waals surface area (Å²) in [7, 11) is 0. The van der Waals surface area contributed by atoms with E-state index in [4.69, 9.17) is 4.52 Å². The second kappa shape index (κ2) is 4.95. The van der Waals surface area contributed by atoms with Crippen molar-refractivity contribution in [1.82, 2.24) is 15.0 Å². The molecule has 2 aliphatic rings. The molecule has 0 aromatic carbocycles. The first-order valence-corrected chi connectivity index (χ1v) is 7.17. The normalized spacial score (nSPS) is 25.0. The average Bonchev–Trinajstić information content (AvgIpc) is 3.15. The number of nitrogens with zero attached hydrogens (tertiary/aromatic N) is 3. The zero-order chi connectivity index (χ0) is 15.3. The third-order valence-electron chi connectivity index (χ3n) is 4.46. The van der Waals surface area contributed by atoms with Crippen LogP contribution in [0.5, 0.6) is 0 Å². The molecule has 5 nitrogen and oxygen atoms in total. The van der Waals surface area contributed by atoms with Crippen LogP contribution in [0, 0.1) is 0 Å². The summed E-state index contributed by atoms with van der Waals surface area (Å²) >= 11 is 0. The summed E-state index contributed by atoms with van der Waals surface area (Å²) in [5.74, 6) is 1.52. The maximum Gasteiger partial charge on any atom is 0.417 e. The van der Waals surface area contributed by atoms with Crippen molar-refractivity contribution in [3.8, 4) is 0 Å². The number of piperidine rings is 1. The lowest BCUT2D eigenvalue weighted by molar-refractivity contribution is -0.273. The van der Waals surface area contributed by atoms with E-state index in [0.717, 1.165) is 12.8 Å². The van der Waals surface area contributed by atoms with Gasteiger partial charge < -0.3 is 9.63 Å². The number of hydrogen-bond donors (Lipinski definition) is 1. The van der Waals surface area contributed by atoms with E-state index in [0.29, 0.717) is 17.6 Å². The molecule has 1 saturated carbocycles. The largest absolute Gasteiger partial charge is 0.417 e. The summed E-state index contributed by atoms with van der Waals surface area (Å²) in [5.41, 5.74) is -2.57. The van der Waals surface area contributed by atoms with Crippen molar-refractivity contribution in [2.45, 2.75) is 56.3 Å². The van der Waals surface area contributed by atoms with E-state index >= 15 is 0 Å². The van der Waals surface area contributed by atoms with E-state index in [1.165, 1.54) is 0 Å². The summed E-state index contributed by atoms with van der Waals surface area (Å²) in [6.45, 7) is 2.14. The summed E-state index contributed by atoms with van der Waals surface area (Å²) in [5, 5.41) is 13.6. The molecule has 1 aromatic rings. The number of aliphatic hydroxyl groups is 1. The molecule has 1 N–H and O–H groups in total. The maximum atomic E-state index is 12.8. The molecule has 1 aromatic heterocycles. The fourth-order valence-electron chi connectivity index (χ4n) is 2.65. The third kappa shape index (κ3) is 2.78. The number of likely N-dealkylation sites (tertiary alicyclic amines) is 1. The molecule has 2 fully saturated rings. The van der Waals surface area contributed by atoms with Crippen LogP contribution in [0.1, 0.15) is 56.3 Å². The standard InChI is InChI=1S/C13H18F3N3O2/c1-8(11-17-10(18-21-11)9-2-3-9)19-6-4-12(20,5-7-19)13(14,15)16/h8-9,20H,2-7H2,1H3. The molecule has 0 radical (unpaired) electrons. The van der Waals surface area contributed by atoms with Gasteiger partial charge in [-0.15, -0.1) is 0 Å². The van der Waals surface area contributed by atoms with Crippen LogP contribution in [0.15, 0.2) is 4.52 Å². The Morgan fingerprint density at radius 3 is 2.48 bits per heavy atom. The predicted octanol–water partition coefficient (Wildman–Crippen LogP) is 2.40. The number of rotatable bonds is 3. The van der Waals surface area contributed by atoms with Crippen molar-refractivity contribution in [2.75, 3.05) is 13.1 Å². The fraction of sp³-hybridized carbons (Fsp3) is 0.846. The van der Waals surface area contributed by atoms with Crippen LogP contribution in [-0.4, -0.2) is 45.0 Å². The molecule has 1 saturated heterocycles. The summed E-state index contributed by atoms with van der Waals surface area (Å²) in [6, 6.07) is -0.234. The molecule has 3 rings (SSSR count). The zero-order valence-corrected chi connectivity index (χ0v) is 11.7. The lowest BCUT2D eigenvalue weighted by Gasteiger charge is -2.40. The molecular weight excluding hydrogens is 287 g/mol. The molecule has 1 atom stereocenters. The number of halogens is 3. The van der Waals surface area contributed by atoms with Gasteiger partial charge in [-0.3, -0.25) is 4.90 Å². The second-order valence-corrected chi connectivity index (χ2v) is 6.01. The highest BCUT2D eigenvalue weighted by molar-refractivity contribution is 5.05.